The average Bonchev–Trinajstić information content (AvgIpc) is 2.03. The number of methoxy groups -OCH3 is 1. The third-order valence-corrected chi connectivity index (χ3v) is 1.93. The van der Waals surface area contributed by atoms with Gasteiger partial charge in [-0.25, -0.2) is 0 Å². The Bertz CT molecular complexity index is 273. The molecule has 0 bridgehead atoms. The zero-order valence-corrected chi connectivity index (χ0v) is 8.22. The van der Waals surface area contributed by atoms with Gasteiger partial charge in [0.15, 0.2) is 5.75 Å². The highest BCUT2D eigenvalue weighted by molar-refractivity contribution is 6.32. The van der Waals surface area contributed by atoms with Gasteiger partial charge in [-0.3, -0.25) is 4.98 Å². The second kappa shape index (κ2) is 3.76. The SMILES string of the molecule is COc1c(Cl)ccnc1C(C)C. The number of rotatable bonds is 2. The number of ether oxygens (including phenoxy) is 1. The molecule has 1 rings (SSSR count). The van der Waals surface area contributed by atoms with Gasteiger partial charge in [0.1, 0.15) is 0 Å². The van der Waals surface area contributed by atoms with Crippen molar-refractivity contribution in [3.8, 4) is 5.75 Å². The summed E-state index contributed by atoms with van der Waals surface area (Å²) in [6, 6.07) is 1.73. The topological polar surface area (TPSA) is 22.1 Å². The molecule has 0 aliphatic rings. The van der Waals surface area contributed by atoms with E-state index in [-0.39, 0.29) is 0 Å². The van der Waals surface area contributed by atoms with Gasteiger partial charge in [-0.05, 0) is 12.0 Å². The van der Waals surface area contributed by atoms with Gasteiger partial charge in [0.25, 0.3) is 0 Å². The van der Waals surface area contributed by atoms with Gasteiger partial charge in [0.2, 0.25) is 0 Å². The van der Waals surface area contributed by atoms with Crippen LogP contribution in [0.3, 0.4) is 0 Å². The fourth-order valence-corrected chi connectivity index (χ4v) is 1.28. The van der Waals surface area contributed by atoms with Crippen LogP contribution in [0.25, 0.3) is 0 Å². The molecule has 66 valence electrons. The molecule has 0 aliphatic heterocycles. The molecule has 0 saturated carbocycles. The van der Waals surface area contributed by atoms with Gasteiger partial charge in [0, 0.05) is 6.20 Å². The van der Waals surface area contributed by atoms with Crippen LogP contribution in [0.2, 0.25) is 5.02 Å². The van der Waals surface area contributed by atoms with Crippen LogP contribution in [0, 0.1) is 0 Å². The molecule has 12 heavy (non-hydrogen) atoms. The molecule has 3 heteroatoms. The predicted octanol–water partition coefficient (Wildman–Crippen LogP) is 2.87. The van der Waals surface area contributed by atoms with Gasteiger partial charge in [-0.2, -0.15) is 0 Å². The first-order valence-corrected chi connectivity index (χ1v) is 4.23. The van der Waals surface area contributed by atoms with Crippen molar-refractivity contribution in [2.75, 3.05) is 7.11 Å². The van der Waals surface area contributed by atoms with Gasteiger partial charge in [-0.15, -0.1) is 0 Å². The van der Waals surface area contributed by atoms with Crippen LogP contribution in [0.5, 0.6) is 5.75 Å². The Morgan fingerprint density at radius 2 is 2.17 bits per heavy atom. The summed E-state index contributed by atoms with van der Waals surface area (Å²) in [5.41, 5.74) is 0.907. The lowest BCUT2D eigenvalue weighted by molar-refractivity contribution is 0.404. The largest absolute Gasteiger partial charge is 0.493 e. The third kappa shape index (κ3) is 1.69. The Kier molecular flexibility index (Phi) is 2.93. The molecular weight excluding hydrogens is 174 g/mol. The van der Waals surface area contributed by atoms with E-state index in [0.29, 0.717) is 16.7 Å². The van der Waals surface area contributed by atoms with Gasteiger partial charge in [-0.1, -0.05) is 25.4 Å². The second-order valence-electron chi connectivity index (χ2n) is 2.87. The molecule has 2 nitrogen and oxygen atoms in total. The van der Waals surface area contributed by atoms with Crippen molar-refractivity contribution in [1.29, 1.82) is 0 Å². The van der Waals surface area contributed by atoms with E-state index in [0.717, 1.165) is 5.69 Å². The molecule has 1 aromatic rings. The van der Waals surface area contributed by atoms with Gasteiger partial charge < -0.3 is 4.74 Å². The first-order chi connectivity index (χ1) is 5.66. The molecule has 0 N–H and O–H groups in total. The highest BCUT2D eigenvalue weighted by Gasteiger charge is 2.11. The minimum Gasteiger partial charge on any atom is -0.493 e. The van der Waals surface area contributed by atoms with E-state index in [4.69, 9.17) is 16.3 Å². The monoisotopic (exact) mass is 185 g/mol. The van der Waals surface area contributed by atoms with E-state index < -0.39 is 0 Å². The molecule has 0 unspecified atom stereocenters. The summed E-state index contributed by atoms with van der Waals surface area (Å²) >= 11 is 5.91. The van der Waals surface area contributed by atoms with Crippen LogP contribution in [-0.2, 0) is 0 Å². The minimum absolute atomic E-state index is 0.332. The summed E-state index contributed by atoms with van der Waals surface area (Å²) in [5, 5.41) is 0.621. The van der Waals surface area contributed by atoms with Crippen LogP contribution < -0.4 is 4.74 Å². The maximum atomic E-state index is 5.91. The van der Waals surface area contributed by atoms with E-state index in [2.05, 4.69) is 18.8 Å². The van der Waals surface area contributed by atoms with Crippen molar-refractivity contribution in [1.82, 2.24) is 4.98 Å². The molecule has 0 aliphatic carbocycles. The summed E-state index contributed by atoms with van der Waals surface area (Å²) in [5.74, 6) is 1.02. The second-order valence-corrected chi connectivity index (χ2v) is 3.27. The number of pyridine rings is 1. The van der Waals surface area contributed by atoms with E-state index in [1.807, 2.05) is 0 Å². The van der Waals surface area contributed by atoms with Crippen LogP contribution >= 0.6 is 11.6 Å². The Balaban J connectivity index is 3.18. The molecular formula is C9H12ClNO. The van der Waals surface area contributed by atoms with Crippen LogP contribution in [0.15, 0.2) is 12.3 Å². The number of hydrogen-bond donors (Lipinski definition) is 0. The summed E-state index contributed by atoms with van der Waals surface area (Å²) < 4.78 is 5.14. The highest BCUT2D eigenvalue weighted by atomic mass is 35.5. The lowest BCUT2D eigenvalue weighted by Crippen LogP contribution is -1.97. The first kappa shape index (κ1) is 9.33. The van der Waals surface area contributed by atoms with E-state index in [1.54, 1.807) is 19.4 Å². The molecule has 0 saturated heterocycles. The van der Waals surface area contributed by atoms with Crippen molar-refractivity contribution in [3.05, 3.63) is 23.0 Å². The lowest BCUT2D eigenvalue weighted by Gasteiger charge is -2.10. The number of aromatic nitrogens is 1. The fraction of sp³-hybridized carbons (Fsp3) is 0.444. The molecule has 0 spiro atoms. The quantitative estimate of drug-likeness (QED) is 0.707. The van der Waals surface area contributed by atoms with Crippen molar-refractivity contribution in [3.63, 3.8) is 0 Å². The Labute approximate surface area is 77.5 Å². The summed E-state index contributed by atoms with van der Waals surface area (Å²) in [7, 11) is 1.61. The van der Waals surface area contributed by atoms with Gasteiger partial charge in [0.05, 0.1) is 17.8 Å². The number of halogens is 1. The summed E-state index contributed by atoms with van der Waals surface area (Å²) in [4.78, 5) is 4.20. The molecule has 0 radical (unpaired) electrons. The minimum atomic E-state index is 0.332. The maximum absolute atomic E-state index is 5.91. The summed E-state index contributed by atoms with van der Waals surface area (Å²) in [6.07, 6.45) is 1.69. The van der Waals surface area contributed by atoms with Crippen molar-refractivity contribution < 1.29 is 4.74 Å². The van der Waals surface area contributed by atoms with E-state index in [1.165, 1.54) is 0 Å². The zero-order chi connectivity index (χ0) is 9.14. The maximum Gasteiger partial charge on any atom is 0.159 e. The Morgan fingerprint density at radius 1 is 1.50 bits per heavy atom. The van der Waals surface area contributed by atoms with Crippen LogP contribution in [0.4, 0.5) is 0 Å². The van der Waals surface area contributed by atoms with Crippen molar-refractivity contribution >= 4 is 11.6 Å². The van der Waals surface area contributed by atoms with E-state index in [9.17, 15) is 0 Å². The average molecular weight is 186 g/mol. The molecule has 0 aromatic carbocycles. The first-order valence-electron chi connectivity index (χ1n) is 3.85. The molecule has 1 heterocycles. The smallest absolute Gasteiger partial charge is 0.159 e. The van der Waals surface area contributed by atoms with Crippen molar-refractivity contribution in [2.45, 2.75) is 19.8 Å². The number of hydrogen-bond acceptors (Lipinski definition) is 2. The normalized spacial score (nSPS) is 10.4. The fourth-order valence-electron chi connectivity index (χ4n) is 1.05. The third-order valence-electron chi connectivity index (χ3n) is 1.64. The molecule has 1 aromatic heterocycles. The summed E-state index contributed by atoms with van der Waals surface area (Å²) in [6.45, 7) is 4.11. The Hall–Kier alpha value is -0.760. The van der Waals surface area contributed by atoms with Crippen LogP contribution in [0.1, 0.15) is 25.5 Å². The molecule has 0 fully saturated rings. The van der Waals surface area contributed by atoms with Crippen LogP contribution in [-0.4, -0.2) is 12.1 Å². The standard InChI is InChI=1S/C9H12ClNO/c1-6(2)8-9(12-3)7(10)4-5-11-8/h4-6H,1-3H3. The molecule has 0 amide bonds. The Morgan fingerprint density at radius 3 is 2.58 bits per heavy atom. The molecule has 0 atom stereocenters. The predicted molar refractivity (Wildman–Crippen MR) is 49.9 cm³/mol. The lowest BCUT2D eigenvalue weighted by atomic mass is 10.1. The van der Waals surface area contributed by atoms with Crippen molar-refractivity contribution in [2.24, 2.45) is 0 Å². The highest BCUT2D eigenvalue weighted by Crippen LogP contribution is 2.30. The van der Waals surface area contributed by atoms with Gasteiger partial charge >= 0.3 is 0 Å². The number of nitrogens with zero attached hydrogens (tertiary/aromatic N) is 1. The van der Waals surface area contributed by atoms with E-state index >= 15 is 0 Å². The zero-order valence-electron chi connectivity index (χ0n) is 7.47.